The first-order valence-electron chi connectivity index (χ1n) is 25.8. The van der Waals surface area contributed by atoms with Gasteiger partial charge in [0.15, 0.2) is 6.29 Å². The van der Waals surface area contributed by atoms with Crippen molar-refractivity contribution >= 4 is 71.1 Å². The second-order valence-electron chi connectivity index (χ2n) is 19.4. The summed E-state index contributed by atoms with van der Waals surface area (Å²) in [6.07, 6.45) is -17.0. The predicted molar refractivity (Wildman–Crippen MR) is 274 cm³/mol. The van der Waals surface area contributed by atoms with Crippen LogP contribution in [-0.2, 0) is 71.7 Å². The van der Waals surface area contributed by atoms with Crippen molar-refractivity contribution < 1.29 is 123 Å². The Morgan fingerprint density at radius 1 is 0.537 bits per heavy atom. The third-order valence-corrected chi connectivity index (χ3v) is 12.6. The first-order chi connectivity index (χ1) is 38.2. The Balaban J connectivity index is 3.20. The summed E-state index contributed by atoms with van der Waals surface area (Å²) in [5.74, 6) is -13.6. The van der Waals surface area contributed by atoms with Gasteiger partial charge in [-0.05, 0) is 72.6 Å². The van der Waals surface area contributed by atoms with Gasteiger partial charge in [-0.2, -0.15) is 0 Å². The van der Waals surface area contributed by atoms with Gasteiger partial charge < -0.3 is 119 Å². The average molecular weight is 1190 g/mol. The van der Waals surface area contributed by atoms with E-state index in [9.17, 15) is 103 Å². The van der Waals surface area contributed by atoms with Crippen molar-refractivity contribution in [3.63, 3.8) is 0 Å². The van der Waals surface area contributed by atoms with E-state index < -0.39 is 213 Å². The Morgan fingerprint density at radius 2 is 1.05 bits per heavy atom. The van der Waals surface area contributed by atoms with E-state index in [1.165, 1.54) is 6.92 Å². The second-order valence-corrected chi connectivity index (χ2v) is 19.4. The summed E-state index contributed by atoms with van der Waals surface area (Å²) in [6, 6.07) is -15.1. The van der Waals surface area contributed by atoms with Crippen molar-refractivity contribution in [3.8, 4) is 0 Å². The molecule has 18 unspecified atom stereocenters. The number of carboxylic acids is 4. The quantitative estimate of drug-likeness (QED) is 0.0273. The zero-order valence-electron chi connectivity index (χ0n) is 45.9. The predicted octanol–water partition coefficient (Wildman–Crippen LogP) is -8.98. The third-order valence-electron chi connectivity index (χ3n) is 12.6. The topological polar surface area (TPSA) is 583 Å². The number of carbonyl (C=O) groups excluding carboxylic acids is 8. The van der Waals surface area contributed by atoms with E-state index in [0.717, 1.165) is 34.6 Å². The third kappa shape index (κ3) is 24.7. The van der Waals surface area contributed by atoms with Crippen molar-refractivity contribution in [1.82, 2.24) is 42.5 Å². The van der Waals surface area contributed by atoms with Crippen molar-refractivity contribution in [2.75, 3.05) is 19.8 Å². The minimum absolute atomic E-state index is 0.0360. The SMILES string of the molecule is CC(=O)NC(CO)C(OC(C)C(=O)NC(C)C(=O)NC(CCC(=O)NC(CCCC(N)C(=O)O)C(=O)NC(C)C(=O)NC(CCCC(N)C(=O)NC(C)C(=O)O)C(=O)O)C(=O)O)C(OC1OC(CO)C(O)C(O)C1NC(C)=O)C(O)CO. The van der Waals surface area contributed by atoms with Crippen LogP contribution < -0.4 is 54.0 Å². The highest BCUT2D eigenvalue weighted by Gasteiger charge is 2.49. The van der Waals surface area contributed by atoms with Crippen molar-refractivity contribution in [3.05, 3.63) is 0 Å². The number of rotatable bonds is 38. The lowest BCUT2D eigenvalue weighted by Crippen LogP contribution is -2.67. The maximum atomic E-state index is 13.6. The van der Waals surface area contributed by atoms with E-state index in [1.54, 1.807) is 0 Å². The van der Waals surface area contributed by atoms with Gasteiger partial charge in [0.1, 0.15) is 91.1 Å². The summed E-state index contributed by atoms with van der Waals surface area (Å²) < 4.78 is 17.3. The first kappa shape index (κ1) is 73.2. The van der Waals surface area contributed by atoms with Crippen LogP contribution in [0.5, 0.6) is 0 Å². The summed E-state index contributed by atoms with van der Waals surface area (Å²) in [7, 11) is 0. The molecule has 0 aromatic carbocycles. The van der Waals surface area contributed by atoms with Crippen molar-refractivity contribution in [1.29, 1.82) is 0 Å². The number of hydrogen-bond donors (Lipinski definition) is 20. The molecule has 0 aliphatic carbocycles. The molecule has 8 amide bonds. The molecule has 0 radical (unpaired) electrons. The first-order valence-corrected chi connectivity index (χ1v) is 25.8. The van der Waals surface area contributed by atoms with Crippen LogP contribution in [0.2, 0.25) is 0 Å². The molecule has 1 heterocycles. The number of aliphatic hydroxyl groups is 6. The fourth-order valence-corrected chi connectivity index (χ4v) is 7.84. The number of carboxylic acid groups (broad SMARTS) is 4. The lowest BCUT2D eigenvalue weighted by atomic mass is 9.96. The van der Waals surface area contributed by atoms with Crippen LogP contribution >= 0.6 is 0 Å². The molecule has 0 saturated carbocycles. The van der Waals surface area contributed by atoms with Crippen LogP contribution in [0.4, 0.5) is 0 Å². The maximum absolute atomic E-state index is 13.6. The number of aliphatic carboxylic acids is 4. The van der Waals surface area contributed by atoms with E-state index in [1.807, 2.05) is 0 Å². The van der Waals surface area contributed by atoms with Crippen LogP contribution in [0.15, 0.2) is 0 Å². The van der Waals surface area contributed by atoms with Crippen LogP contribution in [0, 0.1) is 0 Å². The van der Waals surface area contributed by atoms with E-state index >= 15 is 0 Å². The average Bonchev–Trinajstić information content (AvgIpc) is 3.61. The lowest BCUT2D eigenvalue weighted by Gasteiger charge is -2.45. The van der Waals surface area contributed by atoms with Crippen LogP contribution in [0.25, 0.3) is 0 Å². The van der Waals surface area contributed by atoms with Crippen LogP contribution in [0.3, 0.4) is 0 Å². The molecule has 1 aliphatic heterocycles. The molecule has 1 fully saturated rings. The van der Waals surface area contributed by atoms with Gasteiger partial charge >= 0.3 is 23.9 Å². The van der Waals surface area contributed by atoms with Gasteiger partial charge in [-0.3, -0.25) is 47.9 Å². The minimum atomic E-state index is -2.02. The number of nitrogens with one attached hydrogen (secondary N) is 8. The zero-order chi connectivity index (χ0) is 62.9. The number of hydrogen-bond acceptors (Lipinski definition) is 23. The molecule has 22 N–H and O–H groups in total. The normalized spacial score (nSPS) is 21.7. The van der Waals surface area contributed by atoms with Crippen molar-refractivity contribution in [2.45, 2.75) is 202 Å². The molecule has 0 bridgehead atoms. The summed E-state index contributed by atoms with van der Waals surface area (Å²) in [5.41, 5.74) is 11.4. The Morgan fingerprint density at radius 3 is 1.52 bits per heavy atom. The van der Waals surface area contributed by atoms with Crippen molar-refractivity contribution in [2.24, 2.45) is 11.5 Å². The molecule has 35 heteroatoms. The maximum Gasteiger partial charge on any atom is 0.326 e. The molecule has 0 aromatic rings. The van der Waals surface area contributed by atoms with E-state index in [4.69, 9.17) is 30.8 Å². The fraction of sp³-hybridized carbons (Fsp3) is 0.745. The molecule has 1 rings (SSSR count). The molecule has 468 valence electrons. The summed E-state index contributed by atoms with van der Waals surface area (Å²) in [4.78, 5) is 150. The Kier molecular flexibility index (Phi) is 32.1. The van der Waals surface area contributed by atoms with E-state index in [2.05, 4.69) is 42.5 Å². The van der Waals surface area contributed by atoms with Gasteiger partial charge in [-0.15, -0.1) is 0 Å². The highest BCUT2D eigenvalue weighted by Crippen LogP contribution is 2.27. The Bertz CT molecular complexity index is 2200. The van der Waals surface area contributed by atoms with E-state index in [0.29, 0.717) is 0 Å². The van der Waals surface area contributed by atoms with Gasteiger partial charge in [-0.1, -0.05) is 0 Å². The molecule has 0 aromatic heterocycles. The number of nitrogens with two attached hydrogens (primary N) is 2. The number of amides is 8. The fourth-order valence-electron chi connectivity index (χ4n) is 7.84. The summed E-state index contributed by atoms with van der Waals surface area (Å²) >= 11 is 0. The van der Waals surface area contributed by atoms with Gasteiger partial charge in [0.05, 0.1) is 31.9 Å². The molecule has 35 nitrogen and oxygen atoms in total. The molecular weight excluding hydrogens is 1100 g/mol. The molecule has 18 atom stereocenters. The molecular formula is C47H80N10O25. The van der Waals surface area contributed by atoms with Crippen LogP contribution in [-0.4, -0.2) is 251 Å². The molecule has 1 saturated heterocycles. The minimum Gasteiger partial charge on any atom is -0.480 e. The van der Waals surface area contributed by atoms with Gasteiger partial charge in [-0.25, -0.2) is 9.59 Å². The number of carbonyl (C=O) groups is 12. The molecule has 0 spiro atoms. The smallest absolute Gasteiger partial charge is 0.326 e. The molecule has 1 aliphatic rings. The van der Waals surface area contributed by atoms with Crippen LogP contribution in [0.1, 0.15) is 92.9 Å². The number of ether oxygens (including phenoxy) is 3. The highest BCUT2D eigenvalue weighted by molar-refractivity contribution is 5.94. The van der Waals surface area contributed by atoms with Gasteiger partial charge in [0.25, 0.3) is 0 Å². The number of aliphatic hydroxyl groups excluding tert-OH is 6. The summed E-state index contributed by atoms with van der Waals surface area (Å²) in [5, 5.41) is 118. The van der Waals surface area contributed by atoms with Gasteiger partial charge in [0.2, 0.25) is 47.3 Å². The Labute approximate surface area is 469 Å². The summed E-state index contributed by atoms with van der Waals surface area (Å²) in [6.45, 7) is 3.61. The van der Waals surface area contributed by atoms with E-state index in [-0.39, 0.29) is 38.5 Å². The zero-order valence-corrected chi connectivity index (χ0v) is 45.9. The van der Waals surface area contributed by atoms with Gasteiger partial charge in [0, 0.05) is 20.3 Å². The highest BCUT2D eigenvalue weighted by atomic mass is 16.7. The lowest BCUT2D eigenvalue weighted by molar-refractivity contribution is -0.303. The monoisotopic (exact) mass is 1180 g/mol. The standard InChI is InChI=1S/C47H80N10O25/c1-18(50-40(69)21(4)80-36(29(15-58)53-22(5)61)37(30(63)16-59)82-47-33(54-23(6)62)35(66)34(65)31(17-60)81-47)38(67)57-28(46(78)79)13-14-32(64)55-26(11-8-10-25(49)44(74)75)42(71)51-19(2)39(68)56-27(45(76)77)12-7-9-24(48)41(70)52-20(3)43(72)73/h18-21,24-31,33-37,47,58-60,63,65-66H,7-17,48-49H2,1-6H3,(H,50,69)(H,51,71)(H,52,70)(H,53,61)(H,54,62)(H,55,64)(H,56,68)(H,57,67)(H,72,73)(H,74,75)(H,76,77)(H,78,79). The molecule has 82 heavy (non-hydrogen) atoms. The Hall–Kier alpha value is -6.80. The second kappa shape index (κ2) is 35.9. The largest absolute Gasteiger partial charge is 0.480 e.